The fourth-order valence-electron chi connectivity index (χ4n) is 2.64. The predicted octanol–water partition coefficient (Wildman–Crippen LogP) is 0.971. The standard InChI is InChI=1S/C12H19N3O2/c1-8-5-13-6-10(8)12-14-11(15-17-12)4-9-2-3-16-7-9/h8-10,13H,2-7H2,1H3/t8-,9?,10-/m1/s1. The summed E-state index contributed by atoms with van der Waals surface area (Å²) in [6, 6.07) is 0. The van der Waals surface area contributed by atoms with E-state index in [-0.39, 0.29) is 0 Å². The maximum absolute atomic E-state index is 5.39. The third kappa shape index (κ3) is 2.35. The van der Waals surface area contributed by atoms with Crippen LogP contribution >= 0.6 is 0 Å². The first-order valence-corrected chi connectivity index (χ1v) is 6.44. The van der Waals surface area contributed by atoms with Crippen molar-refractivity contribution in [1.29, 1.82) is 0 Å². The van der Waals surface area contributed by atoms with Gasteiger partial charge in [-0.05, 0) is 24.8 Å². The molecule has 3 rings (SSSR count). The fraction of sp³-hybridized carbons (Fsp3) is 0.833. The van der Waals surface area contributed by atoms with Crippen molar-refractivity contribution in [2.24, 2.45) is 11.8 Å². The van der Waals surface area contributed by atoms with E-state index in [2.05, 4.69) is 22.4 Å². The van der Waals surface area contributed by atoms with E-state index in [0.717, 1.165) is 50.9 Å². The minimum Gasteiger partial charge on any atom is -0.381 e. The zero-order chi connectivity index (χ0) is 11.7. The molecular formula is C12H19N3O2. The van der Waals surface area contributed by atoms with Crippen molar-refractivity contribution < 1.29 is 9.26 Å². The molecule has 2 saturated heterocycles. The third-order valence-corrected chi connectivity index (χ3v) is 3.81. The summed E-state index contributed by atoms with van der Waals surface area (Å²) in [6.45, 7) is 5.93. The van der Waals surface area contributed by atoms with Crippen LogP contribution < -0.4 is 5.32 Å². The molecule has 17 heavy (non-hydrogen) atoms. The Hall–Kier alpha value is -0.940. The smallest absolute Gasteiger partial charge is 0.231 e. The van der Waals surface area contributed by atoms with E-state index < -0.39 is 0 Å². The highest BCUT2D eigenvalue weighted by Gasteiger charge is 2.30. The first kappa shape index (κ1) is 11.2. The Morgan fingerprint density at radius 2 is 2.35 bits per heavy atom. The summed E-state index contributed by atoms with van der Waals surface area (Å²) in [5, 5.41) is 7.44. The van der Waals surface area contributed by atoms with Gasteiger partial charge in [0.15, 0.2) is 5.82 Å². The highest BCUT2D eigenvalue weighted by Crippen LogP contribution is 2.26. The number of nitrogens with zero attached hydrogens (tertiary/aromatic N) is 2. The highest BCUT2D eigenvalue weighted by molar-refractivity contribution is 5.01. The molecule has 1 aromatic rings. The average Bonchev–Trinajstić information content (AvgIpc) is 3.00. The molecule has 5 nitrogen and oxygen atoms in total. The summed E-state index contributed by atoms with van der Waals surface area (Å²) < 4.78 is 10.7. The number of nitrogens with one attached hydrogen (secondary N) is 1. The molecule has 0 amide bonds. The van der Waals surface area contributed by atoms with Crippen LogP contribution in [0.5, 0.6) is 0 Å². The number of hydrogen-bond acceptors (Lipinski definition) is 5. The average molecular weight is 237 g/mol. The zero-order valence-electron chi connectivity index (χ0n) is 10.2. The summed E-state index contributed by atoms with van der Waals surface area (Å²) in [6.07, 6.45) is 2.00. The Morgan fingerprint density at radius 3 is 3.06 bits per heavy atom. The molecule has 2 fully saturated rings. The molecule has 0 aromatic carbocycles. The van der Waals surface area contributed by atoms with Crippen LogP contribution in [-0.4, -0.2) is 36.4 Å². The van der Waals surface area contributed by atoms with Gasteiger partial charge in [0.25, 0.3) is 0 Å². The Bertz CT molecular complexity index is 374. The maximum atomic E-state index is 5.39. The minimum atomic E-state index is 0.385. The number of ether oxygens (including phenoxy) is 1. The first-order valence-electron chi connectivity index (χ1n) is 6.44. The normalized spacial score (nSPS) is 33.4. The SMILES string of the molecule is C[C@@H]1CNC[C@H]1c1nc(CC2CCOC2)no1. The van der Waals surface area contributed by atoms with Crippen molar-refractivity contribution in [1.82, 2.24) is 15.5 Å². The van der Waals surface area contributed by atoms with E-state index in [9.17, 15) is 0 Å². The maximum Gasteiger partial charge on any atom is 0.231 e. The first-order chi connectivity index (χ1) is 8.33. The van der Waals surface area contributed by atoms with Crippen LogP contribution in [0.1, 0.15) is 31.0 Å². The van der Waals surface area contributed by atoms with Gasteiger partial charge in [-0.3, -0.25) is 0 Å². The molecule has 0 bridgehead atoms. The van der Waals surface area contributed by atoms with Crippen LogP contribution in [0, 0.1) is 11.8 Å². The number of rotatable bonds is 3. The predicted molar refractivity (Wildman–Crippen MR) is 61.7 cm³/mol. The molecule has 94 valence electrons. The van der Waals surface area contributed by atoms with Gasteiger partial charge < -0.3 is 14.6 Å². The van der Waals surface area contributed by atoms with Crippen LogP contribution in [0.2, 0.25) is 0 Å². The van der Waals surface area contributed by atoms with Crippen molar-refractivity contribution >= 4 is 0 Å². The van der Waals surface area contributed by atoms with Crippen molar-refractivity contribution in [3.8, 4) is 0 Å². The summed E-state index contributed by atoms with van der Waals surface area (Å²) in [4.78, 5) is 4.53. The van der Waals surface area contributed by atoms with E-state index in [0.29, 0.717) is 17.8 Å². The molecule has 1 unspecified atom stereocenters. The van der Waals surface area contributed by atoms with Crippen LogP contribution in [0.3, 0.4) is 0 Å². The Morgan fingerprint density at radius 1 is 1.41 bits per heavy atom. The lowest BCUT2D eigenvalue weighted by Gasteiger charge is -2.07. The summed E-state index contributed by atoms with van der Waals surface area (Å²) in [5.74, 6) is 3.18. The quantitative estimate of drug-likeness (QED) is 0.849. The second-order valence-electron chi connectivity index (χ2n) is 5.22. The molecule has 1 N–H and O–H groups in total. The summed E-state index contributed by atoms with van der Waals surface area (Å²) in [7, 11) is 0. The number of aromatic nitrogens is 2. The van der Waals surface area contributed by atoms with Crippen molar-refractivity contribution in [3.63, 3.8) is 0 Å². The lowest BCUT2D eigenvalue weighted by Crippen LogP contribution is -2.09. The van der Waals surface area contributed by atoms with Gasteiger partial charge in [0.1, 0.15) is 0 Å². The van der Waals surface area contributed by atoms with E-state index in [1.54, 1.807) is 0 Å². The van der Waals surface area contributed by atoms with Crippen LogP contribution in [0.25, 0.3) is 0 Å². The molecule has 2 aliphatic heterocycles. The lowest BCUT2D eigenvalue weighted by molar-refractivity contribution is 0.185. The zero-order valence-corrected chi connectivity index (χ0v) is 10.2. The molecule has 1 aromatic heterocycles. The van der Waals surface area contributed by atoms with E-state index >= 15 is 0 Å². The monoisotopic (exact) mass is 237 g/mol. The molecule has 3 atom stereocenters. The van der Waals surface area contributed by atoms with Crippen LogP contribution in [-0.2, 0) is 11.2 Å². The van der Waals surface area contributed by atoms with Gasteiger partial charge in [-0.25, -0.2) is 0 Å². The lowest BCUT2D eigenvalue weighted by atomic mass is 9.98. The Balaban J connectivity index is 1.65. The van der Waals surface area contributed by atoms with Crippen molar-refractivity contribution in [2.75, 3.05) is 26.3 Å². The Kier molecular flexibility index (Phi) is 3.11. The molecule has 3 heterocycles. The fourth-order valence-corrected chi connectivity index (χ4v) is 2.64. The van der Waals surface area contributed by atoms with E-state index in [4.69, 9.17) is 9.26 Å². The molecule has 5 heteroatoms. The van der Waals surface area contributed by atoms with Crippen molar-refractivity contribution in [2.45, 2.75) is 25.7 Å². The highest BCUT2D eigenvalue weighted by atomic mass is 16.5. The molecule has 0 aliphatic carbocycles. The Labute approximate surface area is 101 Å². The topological polar surface area (TPSA) is 60.2 Å². The van der Waals surface area contributed by atoms with Gasteiger partial charge in [-0.15, -0.1) is 0 Å². The molecule has 0 radical (unpaired) electrons. The largest absolute Gasteiger partial charge is 0.381 e. The summed E-state index contributed by atoms with van der Waals surface area (Å²) in [5.41, 5.74) is 0. The van der Waals surface area contributed by atoms with Gasteiger partial charge in [0.2, 0.25) is 5.89 Å². The second-order valence-corrected chi connectivity index (χ2v) is 5.22. The van der Waals surface area contributed by atoms with Gasteiger partial charge in [0.05, 0.1) is 5.92 Å². The third-order valence-electron chi connectivity index (χ3n) is 3.81. The molecular weight excluding hydrogens is 218 g/mol. The number of hydrogen-bond donors (Lipinski definition) is 1. The van der Waals surface area contributed by atoms with Gasteiger partial charge >= 0.3 is 0 Å². The van der Waals surface area contributed by atoms with Crippen molar-refractivity contribution in [3.05, 3.63) is 11.7 Å². The van der Waals surface area contributed by atoms with Gasteiger partial charge in [0, 0.05) is 26.2 Å². The van der Waals surface area contributed by atoms with Crippen LogP contribution in [0.4, 0.5) is 0 Å². The second kappa shape index (κ2) is 4.74. The molecule has 0 spiro atoms. The van der Waals surface area contributed by atoms with Gasteiger partial charge in [-0.2, -0.15) is 4.98 Å². The van der Waals surface area contributed by atoms with E-state index in [1.807, 2.05) is 0 Å². The molecule has 0 saturated carbocycles. The van der Waals surface area contributed by atoms with E-state index in [1.165, 1.54) is 0 Å². The minimum absolute atomic E-state index is 0.385. The summed E-state index contributed by atoms with van der Waals surface area (Å²) >= 11 is 0. The molecule has 2 aliphatic rings. The van der Waals surface area contributed by atoms with Gasteiger partial charge in [-0.1, -0.05) is 12.1 Å². The van der Waals surface area contributed by atoms with Crippen LogP contribution in [0.15, 0.2) is 4.52 Å².